The van der Waals surface area contributed by atoms with Crippen molar-refractivity contribution in [2.75, 3.05) is 57.1 Å². The van der Waals surface area contributed by atoms with Crippen molar-refractivity contribution >= 4 is 59.5 Å². The van der Waals surface area contributed by atoms with Crippen LogP contribution in [-0.4, -0.2) is 138 Å². The standard InChI is InChI=1S/C17H25N3O13S.C17H26N2O9.C14H20N2O10S/c1-11-14(32-17(23)31-11)10-29-15(21)13(6-8-34-2)18-16(22)28-7-4-3-5-12(33-20(26)27)9-30-19(24)25;1-4-11(2)15(16(21)25-10-13-12(3)27-17(22)28-13)18-14(20)8-6-5-7-9-26-19(23)24;1-9-11(26-14(19)25-9)8-23-12(17)10(4-7-27-2)15-13(18)22-5-3-6-24-16(20)21/h12-13H,3-10H2,1-2H3,(H,18,22);11,15H,4-10H2,1-3H3,(H,18,20);10H,3-8H2,1-2H3,(H,15,18). The van der Waals surface area contributed by atoms with Gasteiger partial charge in [0.25, 0.3) is 20.3 Å². The molecule has 5 unspecified atom stereocenters. The average Bonchev–Trinajstić information content (AvgIpc) is 3.48. The molecule has 3 N–H and O–H groups in total. The Kier molecular flexibility index (Phi) is 38.9. The zero-order valence-corrected chi connectivity index (χ0v) is 51.0. The molecule has 3 amide bonds. The van der Waals surface area contributed by atoms with Gasteiger partial charge < -0.3 is 85.5 Å². The molecule has 0 bridgehead atoms. The number of ether oxygens (including phenoxy) is 5. The van der Waals surface area contributed by atoms with Gasteiger partial charge in [0.05, 0.1) is 26.4 Å². The summed E-state index contributed by atoms with van der Waals surface area (Å²) in [5.41, 5.74) is 0. The van der Waals surface area contributed by atoms with Crippen LogP contribution in [0.25, 0.3) is 0 Å². The Labute approximate surface area is 511 Å². The van der Waals surface area contributed by atoms with Crippen molar-refractivity contribution in [1.29, 1.82) is 0 Å². The second-order valence-electron chi connectivity index (χ2n) is 18.0. The number of nitrogens with zero attached hydrogens (tertiary/aromatic N) is 4. The van der Waals surface area contributed by atoms with E-state index in [2.05, 4.69) is 44.1 Å². The molecule has 0 aliphatic rings. The molecule has 39 nitrogen and oxygen atoms in total. The molecule has 5 atom stereocenters. The molecule has 502 valence electrons. The van der Waals surface area contributed by atoms with Gasteiger partial charge in [-0.15, -0.1) is 40.5 Å². The molecule has 0 aliphatic carbocycles. The molecule has 0 spiro atoms. The minimum Gasteiger partial charge on any atom is -0.456 e. The number of hydrogen-bond donors (Lipinski definition) is 3. The zero-order chi connectivity index (χ0) is 66.8. The van der Waals surface area contributed by atoms with Crippen LogP contribution in [0.15, 0.2) is 40.9 Å². The van der Waals surface area contributed by atoms with Crippen LogP contribution < -0.4 is 33.4 Å². The van der Waals surface area contributed by atoms with Crippen molar-refractivity contribution in [1.82, 2.24) is 16.0 Å². The third-order valence-corrected chi connectivity index (χ3v) is 12.7. The van der Waals surface area contributed by atoms with Gasteiger partial charge in [-0.3, -0.25) is 4.79 Å². The Morgan fingerprint density at radius 3 is 1.31 bits per heavy atom. The molecule has 0 aliphatic heterocycles. The van der Waals surface area contributed by atoms with Crippen LogP contribution in [0, 0.1) is 67.1 Å². The molecule has 0 saturated carbocycles. The first-order valence-electron chi connectivity index (χ1n) is 26.7. The van der Waals surface area contributed by atoms with E-state index in [9.17, 15) is 83.6 Å². The summed E-state index contributed by atoms with van der Waals surface area (Å²) in [6.45, 7) is 6.17. The van der Waals surface area contributed by atoms with Gasteiger partial charge >= 0.3 is 47.6 Å². The molecule has 3 aromatic rings. The maximum Gasteiger partial charge on any atom is 0.519 e. The molecular weight excluding hydrogens is 1250 g/mol. The first-order valence-corrected chi connectivity index (χ1v) is 29.5. The number of carbonyl (C=O) groups is 6. The van der Waals surface area contributed by atoms with Gasteiger partial charge in [0.2, 0.25) is 5.91 Å². The molecule has 0 aromatic carbocycles. The number of unbranched alkanes of at least 4 members (excludes halogenated alkanes) is 3. The predicted molar refractivity (Wildman–Crippen MR) is 297 cm³/mol. The van der Waals surface area contributed by atoms with E-state index in [0.29, 0.717) is 37.2 Å². The Morgan fingerprint density at radius 1 is 0.506 bits per heavy atom. The molecule has 3 aromatic heterocycles. The van der Waals surface area contributed by atoms with Crippen LogP contribution in [0.5, 0.6) is 0 Å². The van der Waals surface area contributed by atoms with Crippen molar-refractivity contribution in [3.05, 3.63) is 107 Å². The van der Waals surface area contributed by atoms with Gasteiger partial charge in [0.15, 0.2) is 54.4 Å². The summed E-state index contributed by atoms with van der Waals surface area (Å²) in [4.78, 5) is 163. The number of esters is 3. The highest BCUT2D eigenvalue weighted by molar-refractivity contribution is 7.98. The van der Waals surface area contributed by atoms with Gasteiger partial charge in [0, 0.05) is 12.8 Å². The second kappa shape index (κ2) is 44.4. The van der Waals surface area contributed by atoms with Gasteiger partial charge in [-0.05, 0) is 95.7 Å². The van der Waals surface area contributed by atoms with E-state index in [1.165, 1.54) is 44.3 Å². The van der Waals surface area contributed by atoms with E-state index in [4.69, 9.17) is 41.4 Å². The molecular formula is C48H71N7O32S2. The van der Waals surface area contributed by atoms with Crippen molar-refractivity contribution in [2.45, 2.75) is 149 Å². The first-order chi connectivity index (χ1) is 42.2. The Hall–Kier alpha value is -9.05. The number of carbonyl (C=O) groups excluding carboxylic acids is 6. The lowest BCUT2D eigenvalue weighted by Crippen LogP contribution is -2.45. The van der Waals surface area contributed by atoms with Crippen molar-refractivity contribution < 1.29 is 119 Å². The van der Waals surface area contributed by atoms with E-state index in [0.717, 1.165) is 0 Å². The summed E-state index contributed by atoms with van der Waals surface area (Å²) in [6.07, 6.45) is 4.35. The first kappa shape index (κ1) is 78.0. The zero-order valence-electron chi connectivity index (χ0n) is 49.4. The fourth-order valence-corrected chi connectivity index (χ4v) is 7.55. The number of alkyl carbamates (subject to hydrolysis) is 2. The SMILES string of the molecule is CCC(C)C(NC(=O)CCCCCO[N+](=O)[O-])C(=O)OCc1oc(=O)oc1C.CSCCC(NC(=O)OCCCCC(CO[N+](=O)[O-])O[N+](=O)[O-])C(=O)OCc1oc(=O)oc1C.CSCCC(NC(=O)OCCCO[N+](=O)[O-])C(=O)OCc1oc(=O)oc1C. The second-order valence-corrected chi connectivity index (χ2v) is 20.0. The maximum atomic E-state index is 12.4. The smallest absolute Gasteiger partial charge is 0.456 e. The van der Waals surface area contributed by atoms with Crippen LogP contribution in [-0.2, 0) is 82.0 Å². The molecule has 0 saturated heterocycles. The summed E-state index contributed by atoms with van der Waals surface area (Å²) >= 11 is 2.91. The number of hydrogen-bond acceptors (Lipinski definition) is 34. The van der Waals surface area contributed by atoms with Gasteiger partial charge in [0.1, 0.15) is 30.8 Å². The topological polar surface area (TPSA) is 524 Å². The van der Waals surface area contributed by atoms with Crippen molar-refractivity contribution in [2.24, 2.45) is 5.92 Å². The predicted octanol–water partition coefficient (Wildman–Crippen LogP) is 4.30. The lowest BCUT2D eigenvalue weighted by Gasteiger charge is -2.22. The summed E-state index contributed by atoms with van der Waals surface area (Å²) in [6, 6.07) is -2.83. The third kappa shape index (κ3) is 36.0. The van der Waals surface area contributed by atoms with Crippen LogP contribution in [0.4, 0.5) is 9.59 Å². The Balaban J connectivity index is 0.000000673. The number of amides is 3. The number of nitrogens with one attached hydrogen (secondary N) is 3. The lowest BCUT2D eigenvalue weighted by molar-refractivity contribution is -0.790. The molecule has 3 heterocycles. The molecule has 3 rings (SSSR count). The molecule has 41 heteroatoms. The number of thioether (sulfide) groups is 2. The average molecular weight is 1320 g/mol. The van der Waals surface area contributed by atoms with Crippen LogP contribution in [0.1, 0.15) is 119 Å². The summed E-state index contributed by atoms with van der Waals surface area (Å²) in [7, 11) is 0. The highest BCUT2D eigenvalue weighted by Crippen LogP contribution is 2.15. The van der Waals surface area contributed by atoms with Crippen LogP contribution >= 0.6 is 23.5 Å². The van der Waals surface area contributed by atoms with Crippen molar-refractivity contribution in [3.8, 4) is 0 Å². The lowest BCUT2D eigenvalue weighted by atomic mass is 9.99. The quantitative estimate of drug-likeness (QED) is 0.0234. The molecule has 89 heavy (non-hydrogen) atoms. The maximum absolute atomic E-state index is 12.4. The highest BCUT2D eigenvalue weighted by atomic mass is 32.2. The minimum absolute atomic E-state index is 0.0139. The fraction of sp³-hybridized carbons (Fsp3) is 0.688. The van der Waals surface area contributed by atoms with Gasteiger partial charge in [-0.25, -0.2) is 38.4 Å². The third-order valence-electron chi connectivity index (χ3n) is 11.4. The number of rotatable bonds is 42. The van der Waals surface area contributed by atoms with Crippen LogP contribution in [0.3, 0.4) is 0 Å². The largest absolute Gasteiger partial charge is 0.519 e. The fourth-order valence-electron chi connectivity index (χ4n) is 6.61. The summed E-state index contributed by atoms with van der Waals surface area (Å²) in [5.74, 6) is -3.40. The number of aryl methyl sites for hydroxylation is 3. The highest BCUT2D eigenvalue weighted by Gasteiger charge is 2.29. The van der Waals surface area contributed by atoms with E-state index >= 15 is 0 Å². The van der Waals surface area contributed by atoms with E-state index in [1.54, 1.807) is 0 Å². The Morgan fingerprint density at radius 2 is 0.921 bits per heavy atom. The summed E-state index contributed by atoms with van der Waals surface area (Å²) < 4.78 is 53.4. The van der Waals surface area contributed by atoms with E-state index in [1.807, 2.05) is 26.4 Å². The van der Waals surface area contributed by atoms with Crippen molar-refractivity contribution in [3.63, 3.8) is 0 Å². The summed E-state index contributed by atoms with van der Waals surface area (Å²) in [5, 5.41) is 44.1. The Bertz CT molecular complexity index is 2860. The van der Waals surface area contributed by atoms with E-state index in [-0.39, 0.29) is 138 Å². The van der Waals surface area contributed by atoms with Gasteiger partial charge in [-0.2, -0.15) is 23.5 Å². The normalized spacial score (nSPS) is 12.2. The van der Waals surface area contributed by atoms with E-state index < -0.39 is 98.7 Å². The minimum atomic E-state index is -1.15. The molecule has 0 radical (unpaired) electrons. The monoisotopic (exact) mass is 1320 g/mol. The molecule has 0 fully saturated rings. The van der Waals surface area contributed by atoms with Gasteiger partial charge in [-0.1, -0.05) is 26.7 Å². The van der Waals surface area contributed by atoms with Crippen LogP contribution in [0.2, 0.25) is 0 Å².